The zero-order valence-electron chi connectivity index (χ0n) is 10.4. The van der Waals surface area contributed by atoms with Gasteiger partial charge in [-0.15, -0.1) is 9.32 Å². The maximum atomic E-state index is 6.00. The maximum absolute atomic E-state index is 6.00. The third-order valence-corrected chi connectivity index (χ3v) is 3.68. The van der Waals surface area contributed by atoms with Crippen molar-refractivity contribution in [1.82, 2.24) is 0 Å². The van der Waals surface area contributed by atoms with Gasteiger partial charge in [-0.2, -0.15) is 17.7 Å². The van der Waals surface area contributed by atoms with Crippen molar-refractivity contribution < 1.29 is 14.1 Å². The summed E-state index contributed by atoms with van der Waals surface area (Å²) in [7, 11) is 1.60. The van der Waals surface area contributed by atoms with E-state index in [1.165, 1.54) is 0 Å². The van der Waals surface area contributed by atoms with Gasteiger partial charge < -0.3 is 10.5 Å². The Morgan fingerprint density at radius 2 is 2.17 bits per heavy atom. The van der Waals surface area contributed by atoms with Crippen LogP contribution in [-0.2, 0) is 15.7 Å². The van der Waals surface area contributed by atoms with Crippen LogP contribution in [0.4, 0.5) is 0 Å². The van der Waals surface area contributed by atoms with Gasteiger partial charge in [0.2, 0.25) is 0 Å². The molecule has 1 aromatic carbocycles. The average molecular weight is 290 g/mol. The van der Waals surface area contributed by atoms with Gasteiger partial charge in [0.05, 0.1) is 24.0 Å². The Morgan fingerprint density at radius 1 is 1.39 bits per heavy atom. The van der Waals surface area contributed by atoms with Gasteiger partial charge in [0.1, 0.15) is 5.75 Å². The van der Waals surface area contributed by atoms with Gasteiger partial charge in [-0.25, -0.2) is 0 Å². The molecule has 0 spiro atoms. The fraction of sp³-hybridized carbons (Fsp3) is 0.455. The number of ether oxygens (including phenoxy) is 1. The van der Waals surface area contributed by atoms with Gasteiger partial charge in [-0.3, -0.25) is 0 Å². The zero-order valence-corrected chi connectivity index (χ0v) is 12.1. The molecule has 0 saturated heterocycles. The Bertz CT molecular complexity index is 366. The fourth-order valence-electron chi connectivity index (χ4n) is 1.55. The normalized spacial score (nSPS) is 12.4. The van der Waals surface area contributed by atoms with Crippen LogP contribution >= 0.6 is 23.8 Å². The first-order valence-electron chi connectivity index (χ1n) is 5.32. The topological polar surface area (TPSA) is 79.7 Å². The highest BCUT2D eigenvalue weighted by Gasteiger charge is 2.09. The van der Waals surface area contributed by atoms with Crippen molar-refractivity contribution in [3.05, 3.63) is 23.8 Å². The lowest BCUT2D eigenvalue weighted by Crippen LogP contribution is -2.25. The molecule has 18 heavy (non-hydrogen) atoms. The Morgan fingerprint density at radius 3 is 2.78 bits per heavy atom. The molecule has 0 amide bonds. The third-order valence-electron chi connectivity index (χ3n) is 2.27. The first kappa shape index (κ1) is 15.6. The summed E-state index contributed by atoms with van der Waals surface area (Å²) in [4.78, 5) is 4.89. The van der Waals surface area contributed by atoms with Crippen molar-refractivity contribution in [1.29, 1.82) is 0 Å². The molecule has 0 aliphatic carbocycles. The van der Waals surface area contributed by atoms with E-state index in [1.54, 1.807) is 18.9 Å². The van der Waals surface area contributed by atoms with Gasteiger partial charge in [0.25, 0.3) is 0 Å². The van der Waals surface area contributed by atoms with Crippen LogP contribution < -0.4 is 16.4 Å². The monoisotopic (exact) mass is 290 g/mol. The van der Waals surface area contributed by atoms with E-state index in [9.17, 15) is 0 Å². The number of hydrogen-bond acceptors (Lipinski definition) is 7. The summed E-state index contributed by atoms with van der Waals surface area (Å²) in [5.41, 5.74) is 7.13. The summed E-state index contributed by atoms with van der Waals surface area (Å²) in [5.74, 6) is 6.45. The minimum atomic E-state index is 0.137. The number of hydrogen-bond donors (Lipinski definition) is 2. The van der Waals surface area contributed by atoms with Gasteiger partial charge in [0.15, 0.2) is 0 Å². The van der Waals surface area contributed by atoms with Crippen LogP contribution in [0.2, 0.25) is 0 Å². The molecule has 1 rings (SSSR count). The van der Waals surface area contributed by atoms with Crippen LogP contribution in [0.5, 0.6) is 5.75 Å². The van der Waals surface area contributed by atoms with Crippen molar-refractivity contribution in [2.75, 3.05) is 19.1 Å². The molecule has 4 N–H and O–H groups in total. The second-order valence-electron chi connectivity index (χ2n) is 3.65. The van der Waals surface area contributed by atoms with E-state index < -0.39 is 0 Å². The number of thioether (sulfide) groups is 1. The lowest BCUT2D eigenvalue weighted by molar-refractivity contribution is -0.195. The smallest absolute Gasteiger partial charge is 0.134 e. The molecule has 0 heterocycles. The largest absolute Gasteiger partial charge is 0.495 e. The number of methoxy groups -OCH3 is 1. The van der Waals surface area contributed by atoms with Gasteiger partial charge >= 0.3 is 0 Å². The van der Waals surface area contributed by atoms with Crippen LogP contribution in [0.3, 0.4) is 0 Å². The predicted octanol–water partition coefficient (Wildman–Crippen LogP) is 1.76. The van der Waals surface area contributed by atoms with Crippen LogP contribution in [0.15, 0.2) is 23.1 Å². The molecular weight excluding hydrogens is 272 g/mol. The molecule has 7 heteroatoms. The zero-order chi connectivity index (χ0) is 13.4. The number of rotatable bonds is 8. The van der Waals surface area contributed by atoms with Gasteiger partial charge in [-0.05, 0) is 30.4 Å². The Kier molecular flexibility index (Phi) is 7.48. The van der Waals surface area contributed by atoms with Crippen LogP contribution in [0.25, 0.3) is 0 Å². The SMILES string of the molecule is COc1ccc(C[C@H](N)CSC)cc1SOON. The average Bonchev–Trinajstić information content (AvgIpc) is 2.36. The van der Waals surface area contributed by atoms with Crippen LogP contribution in [0.1, 0.15) is 5.56 Å². The molecular formula is C11H18N2O3S2. The van der Waals surface area contributed by atoms with E-state index in [-0.39, 0.29) is 6.04 Å². The quantitative estimate of drug-likeness (QED) is 0.429. The van der Waals surface area contributed by atoms with E-state index in [1.807, 2.05) is 24.5 Å². The summed E-state index contributed by atoms with van der Waals surface area (Å²) in [6, 6.07) is 5.97. The summed E-state index contributed by atoms with van der Waals surface area (Å²) in [6.07, 6.45) is 2.85. The molecule has 1 aromatic rings. The second kappa shape index (κ2) is 8.63. The maximum Gasteiger partial charge on any atom is 0.134 e. The fourth-order valence-corrected chi connectivity index (χ4v) is 2.64. The second-order valence-corrected chi connectivity index (χ2v) is 5.31. The van der Waals surface area contributed by atoms with E-state index in [4.69, 9.17) is 16.4 Å². The van der Waals surface area contributed by atoms with Crippen LogP contribution in [0, 0.1) is 0 Å². The number of benzene rings is 1. The van der Waals surface area contributed by atoms with Gasteiger partial charge in [-0.1, -0.05) is 6.07 Å². The van der Waals surface area contributed by atoms with Crippen molar-refractivity contribution in [3.63, 3.8) is 0 Å². The molecule has 0 aliphatic rings. The highest BCUT2D eigenvalue weighted by Crippen LogP contribution is 2.31. The lowest BCUT2D eigenvalue weighted by atomic mass is 10.1. The van der Waals surface area contributed by atoms with Crippen molar-refractivity contribution in [2.24, 2.45) is 11.6 Å². The Balaban J connectivity index is 2.74. The molecule has 5 nitrogen and oxygen atoms in total. The molecule has 102 valence electrons. The van der Waals surface area contributed by atoms with E-state index >= 15 is 0 Å². The minimum absolute atomic E-state index is 0.137. The standard InChI is InChI=1S/C11H18N2O3S2/c1-14-10-4-3-8(5-9(12)7-17-2)6-11(10)18-16-15-13/h3-4,6,9H,5,7,12-13H2,1-2H3/t9-/m0/s1. The number of nitrogens with two attached hydrogens (primary N) is 2. The summed E-state index contributed by atoms with van der Waals surface area (Å²) in [5, 5.41) is 0. The highest BCUT2D eigenvalue weighted by atomic mass is 32.2. The van der Waals surface area contributed by atoms with Gasteiger partial charge in [0, 0.05) is 11.8 Å². The molecule has 0 aliphatic heterocycles. The predicted molar refractivity (Wildman–Crippen MR) is 75.3 cm³/mol. The first-order valence-corrected chi connectivity index (χ1v) is 7.46. The molecule has 1 atom stereocenters. The van der Waals surface area contributed by atoms with E-state index in [2.05, 4.69) is 9.32 Å². The summed E-state index contributed by atoms with van der Waals surface area (Å²) >= 11 is 2.75. The third kappa shape index (κ3) is 5.05. The van der Waals surface area contributed by atoms with Crippen LogP contribution in [-0.4, -0.2) is 25.2 Å². The van der Waals surface area contributed by atoms with Crippen molar-refractivity contribution in [2.45, 2.75) is 17.4 Å². The van der Waals surface area contributed by atoms with E-state index in [0.717, 1.165) is 34.7 Å². The summed E-state index contributed by atoms with van der Waals surface area (Å²) < 4.78 is 9.87. The molecule has 0 unspecified atom stereocenters. The Labute approximate surface area is 116 Å². The molecule has 0 radical (unpaired) electrons. The molecule has 0 fully saturated rings. The van der Waals surface area contributed by atoms with Crippen molar-refractivity contribution >= 4 is 23.8 Å². The lowest BCUT2D eigenvalue weighted by Gasteiger charge is -2.12. The minimum Gasteiger partial charge on any atom is -0.495 e. The molecule has 0 aromatic heterocycles. The summed E-state index contributed by atoms with van der Waals surface area (Å²) in [6.45, 7) is 0. The molecule has 0 bridgehead atoms. The Hall–Kier alpha value is -0.440. The first-order chi connectivity index (χ1) is 8.71. The van der Waals surface area contributed by atoms with E-state index in [0.29, 0.717) is 5.75 Å². The molecule has 0 saturated carbocycles. The van der Waals surface area contributed by atoms with Crippen molar-refractivity contribution in [3.8, 4) is 5.75 Å². The highest BCUT2D eigenvalue weighted by molar-refractivity contribution is 7.98.